The molecule has 1 aromatic carbocycles. The number of sulfone groups is 1. The number of hydrogen-bond acceptors (Lipinski definition) is 4. The van der Waals surface area contributed by atoms with Crippen LogP contribution in [0.4, 0.5) is 5.69 Å². The summed E-state index contributed by atoms with van der Waals surface area (Å²) in [6.45, 7) is 4.94. The highest BCUT2D eigenvalue weighted by molar-refractivity contribution is 7.91. The molecule has 0 aliphatic carbocycles. The van der Waals surface area contributed by atoms with Gasteiger partial charge in [-0.05, 0) is 36.7 Å². The van der Waals surface area contributed by atoms with E-state index in [1.54, 1.807) is 7.11 Å². The number of hydrogen-bond donors (Lipinski definition) is 1. The van der Waals surface area contributed by atoms with Gasteiger partial charge in [0.05, 0.1) is 18.6 Å². The van der Waals surface area contributed by atoms with Crippen molar-refractivity contribution in [1.82, 2.24) is 4.90 Å². The van der Waals surface area contributed by atoms with E-state index in [1.165, 1.54) is 0 Å². The average molecular weight is 357 g/mol. The normalized spacial score (nSPS) is 19.6. The van der Waals surface area contributed by atoms with Crippen LogP contribution in [0.15, 0.2) is 24.3 Å². The molecule has 0 amide bonds. The molecule has 0 saturated carbocycles. The van der Waals surface area contributed by atoms with E-state index in [0.717, 1.165) is 18.0 Å². The quantitative estimate of drug-likeness (QED) is 0.818. The lowest BCUT2D eigenvalue weighted by molar-refractivity contribution is 0.303. The van der Waals surface area contributed by atoms with E-state index in [1.807, 2.05) is 29.2 Å². The van der Waals surface area contributed by atoms with E-state index in [2.05, 4.69) is 19.2 Å². The highest BCUT2D eigenvalue weighted by Gasteiger charge is 2.33. The number of methoxy groups -OCH3 is 1. The number of thiocarbonyl (C=S) groups is 1. The van der Waals surface area contributed by atoms with Crippen LogP contribution in [-0.2, 0) is 9.84 Å². The molecule has 1 N–H and O–H groups in total. The Balaban J connectivity index is 2.13. The molecule has 1 fully saturated rings. The maximum absolute atomic E-state index is 11.8. The van der Waals surface area contributed by atoms with Gasteiger partial charge < -0.3 is 15.0 Å². The fourth-order valence-electron chi connectivity index (χ4n) is 2.71. The van der Waals surface area contributed by atoms with E-state index >= 15 is 0 Å². The first kappa shape index (κ1) is 18.0. The van der Waals surface area contributed by atoms with Gasteiger partial charge in [0.2, 0.25) is 0 Å². The molecule has 0 aromatic heterocycles. The zero-order valence-corrected chi connectivity index (χ0v) is 15.4. The molecule has 0 spiro atoms. The van der Waals surface area contributed by atoms with E-state index in [9.17, 15) is 8.42 Å². The summed E-state index contributed by atoms with van der Waals surface area (Å²) in [5.41, 5.74) is 0.837. The van der Waals surface area contributed by atoms with Crippen molar-refractivity contribution in [3.05, 3.63) is 24.3 Å². The Kier molecular flexibility index (Phi) is 5.86. The molecule has 1 aromatic rings. The minimum Gasteiger partial charge on any atom is -0.497 e. The Morgan fingerprint density at radius 1 is 1.48 bits per heavy atom. The molecule has 1 atom stereocenters. The zero-order valence-electron chi connectivity index (χ0n) is 13.8. The lowest BCUT2D eigenvalue weighted by Gasteiger charge is -2.32. The molecule has 0 unspecified atom stereocenters. The molecular formula is C16H24N2O3S2. The van der Waals surface area contributed by atoms with Gasteiger partial charge in [-0.3, -0.25) is 0 Å². The molecule has 2 rings (SSSR count). The summed E-state index contributed by atoms with van der Waals surface area (Å²) in [6.07, 6.45) is 0.634. The molecule has 0 bridgehead atoms. The second-order valence-corrected chi connectivity index (χ2v) is 8.88. The highest BCUT2D eigenvalue weighted by atomic mass is 32.2. The predicted octanol–water partition coefficient (Wildman–Crippen LogP) is 2.54. The maximum Gasteiger partial charge on any atom is 0.173 e. The summed E-state index contributed by atoms with van der Waals surface area (Å²) >= 11 is 5.55. The molecule has 5 nitrogen and oxygen atoms in total. The molecule has 0 radical (unpaired) electrons. The largest absolute Gasteiger partial charge is 0.497 e. The van der Waals surface area contributed by atoms with Crippen LogP contribution in [0.1, 0.15) is 20.3 Å². The lowest BCUT2D eigenvalue weighted by Crippen LogP contribution is -2.45. The Morgan fingerprint density at radius 2 is 2.22 bits per heavy atom. The fourth-order valence-corrected chi connectivity index (χ4v) is 4.78. The molecule has 1 heterocycles. The number of anilines is 1. The summed E-state index contributed by atoms with van der Waals surface area (Å²) in [5, 5.41) is 3.77. The van der Waals surface area contributed by atoms with Crippen molar-refractivity contribution in [2.75, 3.05) is 30.5 Å². The van der Waals surface area contributed by atoms with E-state index in [0.29, 0.717) is 17.5 Å². The topological polar surface area (TPSA) is 58.6 Å². The van der Waals surface area contributed by atoms with Crippen molar-refractivity contribution in [2.24, 2.45) is 5.92 Å². The third-order valence-corrected chi connectivity index (χ3v) is 5.88. The molecule has 7 heteroatoms. The first-order valence-corrected chi connectivity index (χ1v) is 9.96. The predicted molar refractivity (Wildman–Crippen MR) is 97.8 cm³/mol. The number of nitrogens with zero attached hydrogens (tertiary/aromatic N) is 1. The number of ether oxygens (including phenoxy) is 1. The van der Waals surface area contributed by atoms with Gasteiger partial charge in [-0.1, -0.05) is 19.9 Å². The summed E-state index contributed by atoms with van der Waals surface area (Å²) < 4.78 is 28.8. The van der Waals surface area contributed by atoms with Crippen LogP contribution in [0, 0.1) is 5.92 Å². The van der Waals surface area contributed by atoms with Crippen molar-refractivity contribution in [2.45, 2.75) is 26.3 Å². The fraction of sp³-hybridized carbons (Fsp3) is 0.562. The first-order chi connectivity index (χ1) is 10.8. The molecule has 23 heavy (non-hydrogen) atoms. The summed E-state index contributed by atoms with van der Waals surface area (Å²) in [6, 6.07) is 7.48. The van der Waals surface area contributed by atoms with Crippen LogP contribution >= 0.6 is 12.2 Å². The van der Waals surface area contributed by atoms with E-state index in [-0.39, 0.29) is 17.5 Å². The van der Waals surface area contributed by atoms with Crippen LogP contribution in [-0.4, -0.2) is 49.6 Å². The minimum atomic E-state index is -2.94. The standard InChI is InChI=1S/C16H24N2O3S2/c1-12(2)10-18(14-7-8-23(19,20)11-14)16(22)17-13-5-4-6-15(9-13)21-3/h4-6,9,12,14H,7-8,10-11H2,1-3H3,(H,17,22)/t14-/m0/s1. The van der Waals surface area contributed by atoms with Gasteiger partial charge in [-0.15, -0.1) is 0 Å². The van der Waals surface area contributed by atoms with Crippen LogP contribution < -0.4 is 10.1 Å². The smallest absolute Gasteiger partial charge is 0.173 e. The van der Waals surface area contributed by atoms with Crippen molar-refractivity contribution in [1.29, 1.82) is 0 Å². The summed E-state index contributed by atoms with van der Waals surface area (Å²) in [4.78, 5) is 2.02. The number of benzene rings is 1. The highest BCUT2D eigenvalue weighted by Crippen LogP contribution is 2.22. The Morgan fingerprint density at radius 3 is 2.78 bits per heavy atom. The van der Waals surface area contributed by atoms with Gasteiger partial charge in [0, 0.05) is 24.3 Å². The number of rotatable bonds is 5. The third-order valence-electron chi connectivity index (χ3n) is 3.79. The first-order valence-electron chi connectivity index (χ1n) is 7.73. The molecule has 1 aliphatic heterocycles. The Bertz CT molecular complexity index is 659. The second kappa shape index (κ2) is 7.49. The van der Waals surface area contributed by atoms with Gasteiger partial charge in [-0.2, -0.15) is 0 Å². The SMILES string of the molecule is COc1cccc(NC(=S)N(CC(C)C)[C@H]2CCS(=O)(=O)C2)c1. The lowest BCUT2D eigenvalue weighted by atomic mass is 10.1. The van der Waals surface area contributed by atoms with Crippen LogP contribution in [0.3, 0.4) is 0 Å². The van der Waals surface area contributed by atoms with Crippen molar-refractivity contribution in [3.63, 3.8) is 0 Å². The third kappa shape index (κ3) is 5.07. The molecule has 1 saturated heterocycles. The Hall–Kier alpha value is -1.34. The Labute approximate surface area is 143 Å². The van der Waals surface area contributed by atoms with Gasteiger partial charge in [0.15, 0.2) is 14.9 Å². The summed E-state index contributed by atoms with van der Waals surface area (Å²) in [5.74, 6) is 1.56. The zero-order chi connectivity index (χ0) is 17.0. The van der Waals surface area contributed by atoms with Crippen LogP contribution in [0.5, 0.6) is 5.75 Å². The second-order valence-electron chi connectivity index (χ2n) is 6.27. The van der Waals surface area contributed by atoms with Crippen molar-refractivity contribution in [3.8, 4) is 5.75 Å². The van der Waals surface area contributed by atoms with Crippen molar-refractivity contribution < 1.29 is 13.2 Å². The van der Waals surface area contributed by atoms with Gasteiger partial charge in [0.1, 0.15) is 5.75 Å². The molecular weight excluding hydrogens is 332 g/mol. The van der Waals surface area contributed by atoms with Gasteiger partial charge in [0.25, 0.3) is 0 Å². The maximum atomic E-state index is 11.8. The average Bonchev–Trinajstić information content (AvgIpc) is 2.84. The molecule has 1 aliphatic rings. The van der Waals surface area contributed by atoms with E-state index < -0.39 is 9.84 Å². The number of nitrogens with one attached hydrogen (secondary N) is 1. The van der Waals surface area contributed by atoms with Gasteiger partial charge in [-0.25, -0.2) is 8.42 Å². The summed E-state index contributed by atoms with van der Waals surface area (Å²) in [7, 11) is -1.33. The molecule has 128 valence electrons. The van der Waals surface area contributed by atoms with Gasteiger partial charge >= 0.3 is 0 Å². The van der Waals surface area contributed by atoms with Crippen molar-refractivity contribution >= 4 is 32.9 Å². The minimum absolute atomic E-state index is 0.0481. The van der Waals surface area contributed by atoms with E-state index in [4.69, 9.17) is 17.0 Å². The monoisotopic (exact) mass is 356 g/mol. The van der Waals surface area contributed by atoms with Crippen LogP contribution in [0.25, 0.3) is 0 Å². The van der Waals surface area contributed by atoms with Crippen LogP contribution in [0.2, 0.25) is 0 Å².